The van der Waals surface area contributed by atoms with Gasteiger partial charge in [-0.1, -0.05) is 0 Å². The van der Waals surface area contributed by atoms with Crippen LogP contribution in [0.1, 0.15) is 6.92 Å². The van der Waals surface area contributed by atoms with Crippen LogP contribution in [-0.2, 0) is 0 Å². The Morgan fingerprint density at radius 2 is 2.00 bits per heavy atom. The van der Waals surface area contributed by atoms with Crippen LogP contribution in [0.3, 0.4) is 0 Å². The summed E-state index contributed by atoms with van der Waals surface area (Å²) in [6.45, 7) is 5.10. The summed E-state index contributed by atoms with van der Waals surface area (Å²) >= 11 is 0. The maximum atomic E-state index is 8.44. The molecular formula is C8H17N3O. The summed E-state index contributed by atoms with van der Waals surface area (Å²) in [6, 6.07) is 2.14. The summed E-state index contributed by atoms with van der Waals surface area (Å²) in [5.41, 5.74) is 0. The molecule has 0 amide bonds. The molecule has 0 aliphatic rings. The zero-order chi connectivity index (χ0) is 9.23. The van der Waals surface area contributed by atoms with Crippen LogP contribution in [-0.4, -0.2) is 37.9 Å². The van der Waals surface area contributed by atoms with E-state index in [2.05, 4.69) is 16.7 Å². The van der Waals surface area contributed by atoms with Crippen LogP contribution < -0.4 is 10.6 Å². The number of nitrogens with zero attached hydrogens (tertiary/aromatic N) is 1. The molecule has 1 atom stereocenters. The second-order valence-electron chi connectivity index (χ2n) is 2.71. The number of aliphatic hydroxyl groups is 1. The van der Waals surface area contributed by atoms with Gasteiger partial charge in [0.15, 0.2) is 0 Å². The topological polar surface area (TPSA) is 68.1 Å². The van der Waals surface area contributed by atoms with Gasteiger partial charge in [0.05, 0.1) is 18.6 Å². The zero-order valence-corrected chi connectivity index (χ0v) is 7.51. The van der Waals surface area contributed by atoms with E-state index in [1.807, 2.05) is 6.92 Å². The Balaban J connectivity index is 2.96. The van der Waals surface area contributed by atoms with Gasteiger partial charge in [0.1, 0.15) is 0 Å². The van der Waals surface area contributed by atoms with E-state index in [0.29, 0.717) is 6.54 Å². The summed E-state index contributed by atoms with van der Waals surface area (Å²) in [5, 5.41) is 23.0. The molecule has 3 N–H and O–H groups in total. The predicted octanol–water partition coefficient (Wildman–Crippen LogP) is -0.682. The number of nitrogens with one attached hydrogen (secondary N) is 2. The lowest BCUT2D eigenvalue weighted by atomic mass is 10.2. The van der Waals surface area contributed by atoms with Gasteiger partial charge in [-0.3, -0.25) is 0 Å². The van der Waals surface area contributed by atoms with Crippen LogP contribution in [0.2, 0.25) is 0 Å². The van der Waals surface area contributed by atoms with Crippen LogP contribution in [0.25, 0.3) is 0 Å². The smallest absolute Gasteiger partial charge is 0.0666 e. The van der Waals surface area contributed by atoms with Crippen molar-refractivity contribution in [2.24, 2.45) is 5.92 Å². The molecule has 0 heterocycles. The summed E-state index contributed by atoms with van der Waals surface area (Å²) in [4.78, 5) is 0. The van der Waals surface area contributed by atoms with Gasteiger partial charge in [-0.05, 0) is 6.92 Å². The van der Waals surface area contributed by atoms with Gasteiger partial charge in [0, 0.05) is 26.2 Å². The second kappa shape index (κ2) is 8.47. The molecule has 0 aliphatic carbocycles. The van der Waals surface area contributed by atoms with Gasteiger partial charge in [-0.25, -0.2) is 0 Å². The van der Waals surface area contributed by atoms with Gasteiger partial charge >= 0.3 is 0 Å². The molecule has 0 fully saturated rings. The van der Waals surface area contributed by atoms with Crippen molar-refractivity contribution in [3.63, 3.8) is 0 Å². The van der Waals surface area contributed by atoms with E-state index in [-0.39, 0.29) is 12.5 Å². The first-order valence-corrected chi connectivity index (χ1v) is 4.23. The molecule has 12 heavy (non-hydrogen) atoms. The van der Waals surface area contributed by atoms with Gasteiger partial charge in [-0.2, -0.15) is 5.26 Å². The Labute approximate surface area is 73.6 Å². The van der Waals surface area contributed by atoms with Crippen molar-refractivity contribution in [3.05, 3.63) is 0 Å². The second-order valence-corrected chi connectivity index (χ2v) is 2.71. The summed E-state index contributed by atoms with van der Waals surface area (Å²) < 4.78 is 0. The molecule has 0 aromatic rings. The van der Waals surface area contributed by atoms with Crippen molar-refractivity contribution in [1.29, 1.82) is 5.26 Å². The third kappa shape index (κ3) is 7.48. The minimum absolute atomic E-state index is 0.0721. The Hall–Kier alpha value is -0.630. The predicted molar refractivity (Wildman–Crippen MR) is 47.6 cm³/mol. The lowest BCUT2D eigenvalue weighted by Gasteiger charge is -2.05. The van der Waals surface area contributed by atoms with Crippen molar-refractivity contribution in [1.82, 2.24) is 10.6 Å². The molecule has 0 bridgehead atoms. The molecule has 0 aliphatic heterocycles. The maximum absolute atomic E-state index is 8.44. The first-order valence-electron chi connectivity index (χ1n) is 4.23. The minimum Gasteiger partial charge on any atom is -0.395 e. The van der Waals surface area contributed by atoms with Gasteiger partial charge in [0.2, 0.25) is 0 Å². The van der Waals surface area contributed by atoms with E-state index in [9.17, 15) is 0 Å². The summed E-state index contributed by atoms with van der Waals surface area (Å²) in [6.07, 6.45) is 0. The number of hydrogen-bond donors (Lipinski definition) is 3. The van der Waals surface area contributed by atoms with Gasteiger partial charge in [0.25, 0.3) is 0 Å². The molecule has 70 valence electrons. The molecule has 0 spiro atoms. The highest BCUT2D eigenvalue weighted by atomic mass is 16.3. The van der Waals surface area contributed by atoms with E-state index in [0.717, 1.165) is 19.6 Å². The Morgan fingerprint density at radius 1 is 1.33 bits per heavy atom. The molecule has 0 radical (unpaired) electrons. The largest absolute Gasteiger partial charge is 0.395 e. The van der Waals surface area contributed by atoms with E-state index >= 15 is 0 Å². The Bertz CT molecular complexity index is 133. The fourth-order valence-electron chi connectivity index (χ4n) is 0.745. The van der Waals surface area contributed by atoms with Crippen LogP contribution in [0.15, 0.2) is 0 Å². The van der Waals surface area contributed by atoms with Crippen LogP contribution in [0.4, 0.5) is 0 Å². The summed E-state index contributed by atoms with van der Waals surface area (Å²) in [7, 11) is 0. The van der Waals surface area contributed by atoms with E-state index in [1.165, 1.54) is 0 Å². The van der Waals surface area contributed by atoms with E-state index in [4.69, 9.17) is 10.4 Å². The molecule has 0 rings (SSSR count). The molecule has 0 saturated heterocycles. The molecule has 4 nitrogen and oxygen atoms in total. The van der Waals surface area contributed by atoms with Gasteiger partial charge < -0.3 is 15.7 Å². The van der Waals surface area contributed by atoms with Crippen molar-refractivity contribution in [2.75, 3.05) is 32.8 Å². The zero-order valence-electron chi connectivity index (χ0n) is 7.51. The minimum atomic E-state index is 0.0721. The van der Waals surface area contributed by atoms with Crippen LogP contribution in [0.5, 0.6) is 0 Å². The average molecular weight is 171 g/mol. The van der Waals surface area contributed by atoms with Gasteiger partial charge in [-0.15, -0.1) is 0 Å². The monoisotopic (exact) mass is 171 g/mol. The lowest BCUT2D eigenvalue weighted by Crippen LogP contribution is -2.31. The lowest BCUT2D eigenvalue weighted by molar-refractivity contribution is 0.292. The van der Waals surface area contributed by atoms with Crippen molar-refractivity contribution >= 4 is 0 Å². The van der Waals surface area contributed by atoms with E-state index in [1.54, 1.807) is 0 Å². The summed E-state index contributed by atoms with van der Waals surface area (Å²) in [5.74, 6) is 0.0721. The number of rotatable bonds is 7. The third-order valence-electron chi connectivity index (χ3n) is 1.44. The SMILES string of the molecule is CC(C#N)CNCCNCCO. The van der Waals surface area contributed by atoms with Crippen LogP contribution >= 0.6 is 0 Å². The molecule has 0 aromatic carbocycles. The standard InChI is InChI=1S/C8H17N3O/c1-8(6-9)7-11-3-2-10-4-5-12/h8,10-12H,2-5,7H2,1H3. The molecular weight excluding hydrogens is 154 g/mol. The fourth-order valence-corrected chi connectivity index (χ4v) is 0.745. The maximum Gasteiger partial charge on any atom is 0.0666 e. The highest BCUT2D eigenvalue weighted by molar-refractivity contribution is 4.79. The molecule has 4 heteroatoms. The highest BCUT2D eigenvalue weighted by Gasteiger charge is 1.96. The molecule has 0 saturated carbocycles. The molecule has 1 unspecified atom stereocenters. The number of nitriles is 1. The van der Waals surface area contributed by atoms with E-state index < -0.39 is 0 Å². The first-order chi connectivity index (χ1) is 5.81. The average Bonchev–Trinajstić information content (AvgIpc) is 2.10. The normalized spacial score (nSPS) is 12.4. The third-order valence-corrected chi connectivity index (χ3v) is 1.44. The fraction of sp³-hybridized carbons (Fsp3) is 0.875. The number of aliphatic hydroxyl groups excluding tert-OH is 1. The number of hydrogen-bond acceptors (Lipinski definition) is 4. The van der Waals surface area contributed by atoms with Crippen molar-refractivity contribution in [2.45, 2.75) is 6.92 Å². The van der Waals surface area contributed by atoms with Crippen LogP contribution in [0, 0.1) is 17.2 Å². The van der Waals surface area contributed by atoms with Crippen molar-refractivity contribution in [3.8, 4) is 6.07 Å². The first kappa shape index (κ1) is 11.4. The quantitative estimate of drug-likeness (QED) is 0.444. The molecule has 0 aromatic heterocycles. The van der Waals surface area contributed by atoms with Crippen molar-refractivity contribution < 1.29 is 5.11 Å². The highest BCUT2D eigenvalue weighted by Crippen LogP contribution is 1.85. The Kier molecular flexibility index (Phi) is 8.02. The Morgan fingerprint density at radius 3 is 2.58 bits per heavy atom.